The predicted molar refractivity (Wildman–Crippen MR) is 205 cm³/mol. The lowest BCUT2D eigenvalue weighted by Crippen LogP contribution is -2.47. The third kappa shape index (κ3) is 8.54. The molecule has 0 saturated carbocycles. The normalized spacial score (nSPS) is 19.1. The van der Waals surface area contributed by atoms with Crippen molar-refractivity contribution in [3.05, 3.63) is 87.8 Å². The second kappa shape index (κ2) is 16.2. The van der Waals surface area contributed by atoms with Gasteiger partial charge in [0.2, 0.25) is 11.8 Å². The Labute approximate surface area is 321 Å². The summed E-state index contributed by atoms with van der Waals surface area (Å²) in [7, 11) is 3.10. The Bertz CT molecular complexity index is 2170. The average Bonchev–Trinajstić information content (AvgIpc) is 3.17. The van der Waals surface area contributed by atoms with Gasteiger partial charge >= 0.3 is 6.18 Å². The number of halogens is 5. The minimum Gasteiger partial charge on any atom is -0.496 e. The molecule has 9 nitrogen and oxygen atoms in total. The topological polar surface area (TPSA) is 95.9 Å². The highest BCUT2D eigenvalue weighted by molar-refractivity contribution is 6.01. The van der Waals surface area contributed by atoms with Gasteiger partial charge in [0.25, 0.3) is 5.56 Å². The molecule has 1 atom stereocenters. The summed E-state index contributed by atoms with van der Waals surface area (Å²) in [6, 6.07) is 10.4. The lowest BCUT2D eigenvalue weighted by atomic mass is 9.85. The fraction of sp³-hybridized carbons (Fsp3) is 0.452. The standard InChI is InChI=1S/C42H46F5N5O4/c1-50-23-32(31-21-28(43)5-7-30(31)41(50)55)27-19-35(44)33(38(20-27)56-2)24-51-15-11-25(12-16-51)3-4-26-13-17-52(18-14-26)37-9-6-29(22-34(37)42(45,46)47)48-36-8-10-39(53)49-40(36)54/h5-7,9,19-23,25-26,36,48H,3-4,8,10-18,24H2,1-2H3,(H,49,53,54). The summed E-state index contributed by atoms with van der Waals surface area (Å²) < 4.78 is 79.8. The molecule has 0 radical (unpaired) electrons. The number of amides is 2. The maximum atomic E-state index is 15.8. The quantitative estimate of drug-likeness (QED) is 0.126. The largest absolute Gasteiger partial charge is 0.496 e. The molecule has 298 valence electrons. The molecule has 3 saturated heterocycles. The van der Waals surface area contributed by atoms with Gasteiger partial charge in [-0.1, -0.05) is 12.8 Å². The molecular weight excluding hydrogens is 733 g/mol. The maximum Gasteiger partial charge on any atom is 0.418 e. The van der Waals surface area contributed by atoms with Crippen LogP contribution in [-0.4, -0.2) is 60.6 Å². The van der Waals surface area contributed by atoms with Crippen molar-refractivity contribution in [2.45, 2.75) is 70.1 Å². The molecule has 3 fully saturated rings. The van der Waals surface area contributed by atoms with Crippen molar-refractivity contribution < 1.29 is 36.3 Å². The molecule has 2 N–H and O–H groups in total. The Morgan fingerprint density at radius 1 is 0.857 bits per heavy atom. The van der Waals surface area contributed by atoms with E-state index in [0.717, 1.165) is 57.7 Å². The molecule has 2 amide bonds. The molecule has 7 rings (SSSR count). The molecule has 3 aliphatic rings. The summed E-state index contributed by atoms with van der Waals surface area (Å²) in [5.74, 6) is -0.543. The highest BCUT2D eigenvalue weighted by Gasteiger charge is 2.37. The van der Waals surface area contributed by atoms with Gasteiger partial charge in [0.05, 0.1) is 12.7 Å². The van der Waals surface area contributed by atoms with Crippen molar-refractivity contribution in [3.63, 3.8) is 0 Å². The lowest BCUT2D eigenvalue weighted by molar-refractivity contribution is -0.137. The first-order valence-corrected chi connectivity index (χ1v) is 19.2. The molecule has 56 heavy (non-hydrogen) atoms. The number of likely N-dealkylation sites (tertiary alicyclic amines) is 1. The van der Waals surface area contributed by atoms with Crippen LogP contribution >= 0.6 is 0 Å². The van der Waals surface area contributed by atoms with Crippen molar-refractivity contribution in [2.24, 2.45) is 18.9 Å². The molecule has 0 aliphatic carbocycles. The van der Waals surface area contributed by atoms with E-state index >= 15 is 4.39 Å². The van der Waals surface area contributed by atoms with Crippen LogP contribution in [0, 0.1) is 23.5 Å². The van der Waals surface area contributed by atoms with E-state index in [1.807, 2.05) is 0 Å². The zero-order valence-corrected chi connectivity index (χ0v) is 31.5. The Kier molecular flexibility index (Phi) is 11.4. The molecule has 1 unspecified atom stereocenters. The van der Waals surface area contributed by atoms with E-state index in [1.54, 1.807) is 30.3 Å². The molecule has 1 aromatic heterocycles. The van der Waals surface area contributed by atoms with Crippen LogP contribution in [0.2, 0.25) is 0 Å². The van der Waals surface area contributed by atoms with E-state index in [4.69, 9.17) is 4.74 Å². The second-order valence-electron chi connectivity index (χ2n) is 15.4. The number of carbonyl (C=O) groups is 2. The number of nitrogens with one attached hydrogen (secondary N) is 2. The van der Waals surface area contributed by atoms with E-state index in [2.05, 4.69) is 15.5 Å². The van der Waals surface area contributed by atoms with E-state index in [9.17, 15) is 31.9 Å². The number of carbonyl (C=O) groups excluding carboxylic acids is 2. The Morgan fingerprint density at radius 3 is 2.21 bits per heavy atom. The summed E-state index contributed by atoms with van der Waals surface area (Å²) in [5.41, 5.74) is 0.751. The maximum absolute atomic E-state index is 15.8. The average molecular weight is 780 g/mol. The van der Waals surface area contributed by atoms with Crippen molar-refractivity contribution in [3.8, 4) is 16.9 Å². The van der Waals surface area contributed by atoms with Gasteiger partial charge in [-0.2, -0.15) is 13.2 Å². The smallest absolute Gasteiger partial charge is 0.418 e. The Hall–Kier alpha value is -4.98. The number of fused-ring (bicyclic) bond motifs is 1. The monoisotopic (exact) mass is 779 g/mol. The summed E-state index contributed by atoms with van der Waals surface area (Å²) in [6.45, 7) is 3.01. The van der Waals surface area contributed by atoms with Gasteiger partial charge in [-0.15, -0.1) is 0 Å². The number of aromatic nitrogens is 1. The Balaban J connectivity index is 0.914. The molecule has 4 aromatic rings. The molecule has 3 aromatic carbocycles. The highest BCUT2D eigenvalue weighted by Crippen LogP contribution is 2.41. The van der Waals surface area contributed by atoms with Gasteiger partial charge in [0, 0.05) is 67.2 Å². The minimum atomic E-state index is -4.58. The van der Waals surface area contributed by atoms with Gasteiger partial charge < -0.3 is 19.5 Å². The van der Waals surface area contributed by atoms with Gasteiger partial charge in [-0.05, 0) is 117 Å². The van der Waals surface area contributed by atoms with Crippen molar-refractivity contribution in [1.29, 1.82) is 0 Å². The number of benzene rings is 3. The highest BCUT2D eigenvalue weighted by atomic mass is 19.4. The van der Waals surface area contributed by atoms with Gasteiger partial charge in [0.1, 0.15) is 23.4 Å². The van der Waals surface area contributed by atoms with Crippen LogP contribution in [0.15, 0.2) is 59.5 Å². The number of piperidine rings is 3. The third-order valence-corrected chi connectivity index (χ3v) is 11.7. The number of hydrogen-bond acceptors (Lipinski definition) is 7. The van der Waals surface area contributed by atoms with Crippen molar-refractivity contribution in [1.82, 2.24) is 14.8 Å². The Morgan fingerprint density at radius 2 is 1.55 bits per heavy atom. The van der Waals surface area contributed by atoms with E-state index < -0.39 is 35.3 Å². The first-order chi connectivity index (χ1) is 26.8. The van der Waals surface area contributed by atoms with E-state index in [0.29, 0.717) is 64.7 Å². The van der Waals surface area contributed by atoms with Crippen LogP contribution in [0.3, 0.4) is 0 Å². The summed E-state index contributed by atoms with van der Waals surface area (Å²) in [4.78, 5) is 40.3. The van der Waals surface area contributed by atoms with Crippen LogP contribution in [0.25, 0.3) is 21.9 Å². The second-order valence-corrected chi connectivity index (χ2v) is 15.4. The number of methoxy groups -OCH3 is 1. The van der Waals surface area contributed by atoms with Crippen LogP contribution in [-0.2, 0) is 29.4 Å². The first-order valence-electron chi connectivity index (χ1n) is 19.2. The number of ether oxygens (including phenoxy) is 1. The zero-order chi connectivity index (χ0) is 39.7. The fourth-order valence-electron chi connectivity index (χ4n) is 8.52. The number of alkyl halides is 3. The minimum absolute atomic E-state index is 0.125. The zero-order valence-electron chi connectivity index (χ0n) is 31.5. The fourth-order valence-corrected chi connectivity index (χ4v) is 8.52. The van der Waals surface area contributed by atoms with Crippen LogP contribution in [0.4, 0.5) is 33.3 Å². The molecule has 3 aliphatic heterocycles. The van der Waals surface area contributed by atoms with Gasteiger partial charge in [-0.25, -0.2) is 8.78 Å². The number of hydrogen-bond donors (Lipinski definition) is 2. The number of nitrogens with zero attached hydrogens (tertiary/aromatic N) is 3. The first kappa shape index (κ1) is 39.3. The molecule has 4 heterocycles. The molecular formula is C42H46F5N5O4. The number of imide groups is 1. The predicted octanol–water partition coefficient (Wildman–Crippen LogP) is 7.64. The summed E-state index contributed by atoms with van der Waals surface area (Å²) in [6.07, 6.45) is 2.91. The van der Waals surface area contributed by atoms with E-state index in [1.165, 1.54) is 42.0 Å². The van der Waals surface area contributed by atoms with Crippen molar-refractivity contribution in [2.75, 3.05) is 43.5 Å². The number of rotatable bonds is 10. The third-order valence-electron chi connectivity index (χ3n) is 11.7. The number of aryl methyl sites for hydroxylation is 1. The number of anilines is 2. The van der Waals surface area contributed by atoms with Crippen LogP contribution in [0.5, 0.6) is 5.75 Å². The summed E-state index contributed by atoms with van der Waals surface area (Å²) >= 11 is 0. The molecule has 0 bridgehead atoms. The van der Waals surface area contributed by atoms with Crippen LogP contribution in [0.1, 0.15) is 62.5 Å². The van der Waals surface area contributed by atoms with Gasteiger partial charge in [0.15, 0.2) is 0 Å². The van der Waals surface area contributed by atoms with Crippen molar-refractivity contribution >= 4 is 34.0 Å². The van der Waals surface area contributed by atoms with E-state index in [-0.39, 0.29) is 35.7 Å². The number of pyridine rings is 1. The SMILES string of the molecule is COc1cc(-c2cn(C)c(=O)c3ccc(F)cc23)cc(F)c1CN1CCC(CCC2CCN(c3ccc(NC4CCC(=O)NC4=O)cc3C(F)(F)F)CC2)CC1. The molecule has 14 heteroatoms. The lowest BCUT2D eigenvalue weighted by Gasteiger charge is -2.36. The van der Waals surface area contributed by atoms with Gasteiger partial charge in [-0.3, -0.25) is 24.6 Å². The summed E-state index contributed by atoms with van der Waals surface area (Å²) in [5, 5.41) is 5.82. The molecule has 0 spiro atoms. The van der Waals surface area contributed by atoms with Crippen LogP contribution < -0.4 is 25.8 Å².